The summed E-state index contributed by atoms with van der Waals surface area (Å²) in [4.78, 5) is 21.1. The van der Waals surface area contributed by atoms with Crippen molar-refractivity contribution in [2.24, 2.45) is 5.92 Å². The van der Waals surface area contributed by atoms with Gasteiger partial charge in [0.05, 0.1) is 0 Å². The van der Waals surface area contributed by atoms with Gasteiger partial charge in [0, 0.05) is 50.6 Å². The second kappa shape index (κ2) is 8.58. The summed E-state index contributed by atoms with van der Waals surface area (Å²) in [6.45, 7) is 7.37. The molecule has 5 nitrogen and oxygen atoms in total. The molecule has 0 spiro atoms. The van der Waals surface area contributed by atoms with E-state index in [0.29, 0.717) is 18.8 Å². The molecule has 1 aliphatic rings. The van der Waals surface area contributed by atoms with Gasteiger partial charge in [0.25, 0.3) is 0 Å². The van der Waals surface area contributed by atoms with Crippen LogP contribution in [0.5, 0.6) is 0 Å². The Hall–Kier alpha value is -2.02. The van der Waals surface area contributed by atoms with Crippen molar-refractivity contribution in [3.05, 3.63) is 41.5 Å². The minimum atomic E-state index is -0.234. The highest BCUT2D eigenvalue weighted by Gasteiger charge is 2.21. The molecule has 0 saturated carbocycles. The van der Waals surface area contributed by atoms with Crippen LogP contribution in [0, 0.1) is 11.7 Å². The predicted octanol–water partition coefficient (Wildman–Crippen LogP) is 3.35. The van der Waals surface area contributed by atoms with Gasteiger partial charge >= 0.3 is 0 Å². The molecule has 2 aromatic rings. The molecule has 0 radical (unpaired) electrons. The first-order valence-corrected chi connectivity index (χ1v) is 9.88. The fourth-order valence-corrected chi connectivity index (χ4v) is 3.80. The first kappa shape index (κ1) is 18.8. The van der Waals surface area contributed by atoms with Crippen molar-refractivity contribution < 1.29 is 9.18 Å². The van der Waals surface area contributed by atoms with Crippen molar-refractivity contribution in [2.75, 3.05) is 31.1 Å². The average molecular weight is 377 g/mol. The van der Waals surface area contributed by atoms with E-state index in [4.69, 9.17) is 0 Å². The molecule has 0 atom stereocenters. The van der Waals surface area contributed by atoms with Crippen molar-refractivity contribution in [2.45, 2.75) is 33.1 Å². The van der Waals surface area contributed by atoms with Crippen LogP contribution < -0.4 is 4.90 Å². The Bertz CT molecular complexity index is 731. The molecule has 3 rings (SSSR count). The van der Waals surface area contributed by atoms with Crippen molar-refractivity contribution in [3.63, 3.8) is 0 Å². The summed E-state index contributed by atoms with van der Waals surface area (Å²) in [5, 5.41) is 0.903. The van der Waals surface area contributed by atoms with E-state index >= 15 is 0 Å². The third-order valence-electron chi connectivity index (χ3n) is 4.43. The largest absolute Gasteiger partial charge is 0.345 e. The Morgan fingerprint density at radius 3 is 2.69 bits per heavy atom. The molecule has 140 valence electrons. The van der Waals surface area contributed by atoms with Crippen LogP contribution in [0.2, 0.25) is 0 Å². The number of hydrogen-bond acceptors (Lipinski definition) is 5. The lowest BCUT2D eigenvalue weighted by molar-refractivity contribution is -0.131. The molecule has 0 aliphatic carbocycles. The molecule has 26 heavy (non-hydrogen) atoms. The van der Waals surface area contributed by atoms with Gasteiger partial charge in [-0.25, -0.2) is 9.37 Å². The molecule has 1 aromatic heterocycles. The monoisotopic (exact) mass is 376 g/mol. The average Bonchev–Trinajstić information content (AvgIpc) is 2.91. The highest BCUT2D eigenvalue weighted by molar-refractivity contribution is 7.09. The number of rotatable bonds is 5. The number of carbonyl (C=O) groups excluding carboxylic acids is 1. The maximum absolute atomic E-state index is 13.0. The summed E-state index contributed by atoms with van der Waals surface area (Å²) in [5.74, 6) is 1.16. The quantitative estimate of drug-likeness (QED) is 0.803. The molecule has 1 aromatic carbocycles. The van der Waals surface area contributed by atoms with Crippen molar-refractivity contribution in [1.29, 1.82) is 0 Å². The van der Waals surface area contributed by atoms with Gasteiger partial charge in [-0.15, -0.1) is 0 Å². The zero-order chi connectivity index (χ0) is 18.5. The molecule has 1 fully saturated rings. The maximum atomic E-state index is 13.0. The van der Waals surface area contributed by atoms with Crippen molar-refractivity contribution >= 4 is 22.6 Å². The lowest BCUT2D eigenvalue weighted by atomic mass is 10.1. The smallest absolute Gasteiger partial charge is 0.222 e. The van der Waals surface area contributed by atoms with Gasteiger partial charge in [-0.05, 0) is 30.0 Å². The Morgan fingerprint density at radius 2 is 1.96 bits per heavy atom. The fourth-order valence-electron chi connectivity index (χ4n) is 3.07. The first-order valence-electron chi connectivity index (χ1n) is 9.11. The lowest BCUT2D eigenvalue weighted by Crippen LogP contribution is -2.35. The third kappa shape index (κ3) is 5.00. The normalized spacial score (nSPS) is 15.4. The van der Waals surface area contributed by atoms with Crippen LogP contribution in [-0.2, 0) is 11.2 Å². The summed E-state index contributed by atoms with van der Waals surface area (Å²) < 4.78 is 17.5. The highest BCUT2D eigenvalue weighted by atomic mass is 32.1. The summed E-state index contributed by atoms with van der Waals surface area (Å²) >= 11 is 1.40. The van der Waals surface area contributed by atoms with Gasteiger partial charge in [0.2, 0.25) is 11.0 Å². The number of hydrogen-bond donors (Lipinski definition) is 0. The molecular weight excluding hydrogens is 351 g/mol. The molecule has 7 heteroatoms. The van der Waals surface area contributed by atoms with Crippen molar-refractivity contribution in [3.8, 4) is 0 Å². The van der Waals surface area contributed by atoms with E-state index in [0.717, 1.165) is 49.1 Å². The van der Waals surface area contributed by atoms with E-state index < -0.39 is 0 Å². The first-order chi connectivity index (χ1) is 12.5. The van der Waals surface area contributed by atoms with Crippen LogP contribution in [0.1, 0.15) is 38.1 Å². The Kier molecular flexibility index (Phi) is 6.19. The number of carbonyl (C=O) groups is 1. The predicted molar refractivity (Wildman–Crippen MR) is 102 cm³/mol. The van der Waals surface area contributed by atoms with E-state index in [1.807, 2.05) is 4.90 Å². The van der Waals surface area contributed by atoms with E-state index in [1.54, 1.807) is 12.1 Å². The van der Waals surface area contributed by atoms with Gasteiger partial charge in [-0.2, -0.15) is 4.37 Å². The second-order valence-corrected chi connectivity index (χ2v) is 7.85. The Labute approximate surface area is 158 Å². The Morgan fingerprint density at radius 1 is 1.19 bits per heavy atom. The molecule has 0 unspecified atom stereocenters. The minimum absolute atomic E-state index is 0.234. The van der Waals surface area contributed by atoms with Crippen LogP contribution in [0.15, 0.2) is 24.3 Å². The Balaban J connectivity index is 1.59. The molecule has 0 N–H and O–H groups in total. The minimum Gasteiger partial charge on any atom is -0.345 e. The molecule has 1 saturated heterocycles. The molecule has 2 heterocycles. The van der Waals surface area contributed by atoms with Gasteiger partial charge in [0.1, 0.15) is 11.6 Å². The van der Waals surface area contributed by atoms with Crippen LogP contribution in [0.25, 0.3) is 0 Å². The lowest BCUT2D eigenvalue weighted by Gasteiger charge is -2.22. The highest BCUT2D eigenvalue weighted by Crippen LogP contribution is 2.21. The summed E-state index contributed by atoms with van der Waals surface area (Å²) in [6.07, 6.45) is 2.15. The van der Waals surface area contributed by atoms with Crippen LogP contribution in [0.4, 0.5) is 9.52 Å². The second-order valence-electron chi connectivity index (χ2n) is 7.12. The topological polar surface area (TPSA) is 49.3 Å². The number of amides is 1. The molecular formula is C19H25FN4OS. The van der Waals surface area contributed by atoms with Gasteiger partial charge in [-0.1, -0.05) is 26.0 Å². The van der Waals surface area contributed by atoms with E-state index in [-0.39, 0.29) is 11.7 Å². The number of aromatic nitrogens is 2. The third-order valence-corrected chi connectivity index (χ3v) is 5.25. The number of anilines is 1. The molecule has 1 amide bonds. The number of halogens is 1. The van der Waals surface area contributed by atoms with Gasteiger partial charge in [-0.3, -0.25) is 4.79 Å². The summed E-state index contributed by atoms with van der Waals surface area (Å²) in [6, 6.07) is 6.45. The van der Waals surface area contributed by atoms with Crippen LogP contribution in [0.3, 0.4) is 0 Å². The SMILES string of the molecule is CC(C)CC(=O)N1CCCN(c2nc(Cc3ccc(F)cc3)ns2)CC1. The van der Waals surface area contributed by atoms with Gasteiger partial charge in [0.15, 0.2) is 0 Å². The zero-order valence-electron chi connectivity index (χ0n) is 15.3. The maximum Gasteiger partial charge on any atom is 0.222 e. The van der Waals surface area contributed by atoms with Crippen molar-refractivity contribution in [1.82, 2.24) is 14.3 Å². The zero-order valence-corrected chi connectivity index (χ0v) is 16.1. The van der Waals surface area contributed by atoms with E-state index in [9.17, 15) is 9.18 Å². The summed E-state index contributed by atoms with van der Waals surface area (Å²) in [5.41, 5.74) is 0.997. The van der Waals surface area contributed by atoms with Crippen LogP contribution in [-0.4, -0.2) is 46.3 Å². The van der Waals surface area contributed by atoms with E-state index in [2.05, 4.69) is 28.1 Å². The molecule has 0 bridgehead atoms. The van der Waals surface area contributed by atoms with E-state index in [1.165, 1.54) is 23.7 Å². The van der Waals surface area contributed by atoms with Gasteiger partial charge < -0.3 is 9.80 Å². The summed E-state index contributed by atoms with van der Waals surface area (Å²) in [7, 11) is 0. The standard InChI is InChI=1S/C19H25FN4OS/c1-14(2)12-18(25)23-8-3-9-24(11-10-23)19-21-17(22-26-19)13-15-4-6-16(20)7-5-15/h4-7,14H,3,8-13H2,1-2H3. The van der Waals surface area contributed by atoms with Crippen LogP contribution >= 0.6 is 11.5 Å². The number of nitrogens with zero attached hydrogens (tertiary/aromatic N) is 4. The molecule has 1 aliphatic heterocycles. The number of benzene rings is 1. The fraction of sp³-hybridized carbons (Fsp3) is 0.526.